The number of rotatable bonds is 8. The molecule has 0 aromatic heterocycles. The lowest BCUT2D eigenvalue weighted by Crippen LogP contribution is -2.46. The molecule has 160 valence electrons. The summed E-state index contributed by atoms with van der Waals surface area (Å²) in [6.45, 7) is 10.5. The molecular formula is C18H40O8. The van der Waals surface area contributed by atoms with Crippen LogP contribution in [0.3, 0.4) is 0 Å². The molecular weight excluding hydrogens is 344 g/mol. The van der Waals surface area contributed by atoms with Gasteiger partial charge in [-0.05, 0) is 23.7 Å². The van der Waals surface area contributed by atoms with Crippen molar-refractivity contribution in [3.8, 4) is 0 Å². The fourth-order valence-electron chi connectivity index (χ4n) is 2.20. The molecule has 6 unspecified atom stereocenters. The van der Waals surface area contributed by atoms with Gasteiger partial charge in [-0.15, -0.1) is 0 Å². The quantitative estimate of drug-likeness (QED) is 0.264. The average molecular weight is 385 g/mol. The summed E-state index contributed by atoms with van der Waals surface area (Å²) in [5, 5.41) is 72.7. The first kappa shape index (κ1) is 27.9. The Balaban J connectivity index is 0. The van der Waals surface area contributed by atoms with Crippen molar-refractivity contribution in [3.05, 3.63) is 0 Å². The molecule has 8 heteroatoms. The molecule has 0 aromatic rings. The van der Waals surface area contributed by atoms with Gasteiger partial charge in [0.25, 0.3) is 0 Å². The Morgan fingerprint density at radius 3 is 1.12 bits per heavy atom. The molecule has 0 heterocycles. The smallest absolute Gasteiger partial charge is 0.110 e. The molecule has 0 spiro atoms. The average Bonchev–Trinajstić information content (AvgIpc) is 2.48. The van der Waals surface area contributed by atoms with Crippen molar-refractivity contribution in [1.29, 1.82) is 0 Å². The predicted octanol–water partition coefficient (Wildman–Crippen LogP) is -1.00. The molecule has 6 atom stereocenters. The number of aliphatic hydroxyl groups is 8. The molecule has 26 heavy (non-hydrogen) atoms. The maximum atomic E-state index is 9.57. The maximum Gasteiger partial charge on any atom is 0.110 e. The summed E-state index contributed by atoms with van der Waals surface area (Å²) in [6.07, 6.45) is -6.58. The van der Waals surface area contributed by atoms with Crippen LogP contribution < -0.4 is 0 Å². The zero-order valence-electron chi connectivity index (χ0n) is 16.9. The van der Waals surface area contributed by atoms with E-state index in [2.05, 4.69) is 0 Å². The zero-order valence-corrected chi connectivity index (χ0v) is 16.9. The summed E-state index contributed by atoms with van der Waals surface area (Å²) in [7, 11) is 0. The van der Waals surface area contributed by atoms with Crippen molar-refractivity contribution in [2.75, 3.05) is 13.2 Å². The maximum absolute atomic E-state index is 9.57. The molecule has 8 N–H and O–H groups in total. The second kappa shape index (κ2) is 12.2. The molecule has 0 aliphatic carbocycles. The van der Waals surface area contributed by atoms with E-state index in [1.807, 2.05) is 41.5 Å². The monoisotopic (exact) mass is 384 g/mol. The second-order valence-electron chi connectivity index (χ2n) is 9.15. The van der Waals surface area contributed by atoms with E-state index < -0.39 is 43.2 Å². The minimum absolute atomic E-state index is 0.0183. The minimum atomic E-state index is -1.53. The van der Waals surface area contributed by atoms with Gasteiger partial charge in [-0.2, -0.15) is 0 Å². The Hall–Kier alpha value is -0.320. The second-order valence-corrected chi connectivity index (χ2v) is 9.15. The van der Waals surface area contributed by atoms with Gasteiger partial charge in [0.1, 0.15) is 24.4 Å². The van der Waals surface area contributed by atoms with Crippen LogP contribution >= 0.6 is 0 Å². The Labute approximate surface area is 156 Å². The highest BCUT2D eigenvalue weighted by molar-refractivity contribution is 4.83. The van der Waals surface area contributed by atoms with Crippen LogP contribution in [0.4, 0.5) is 0 Å². The third-order valence-corrected chi connectivity index (χ3v) is 3.60. The van der Waals surface area contributed by atoms with Gasteiger partial charge in [-0.1, -0.05) is 41.5 Å². The lowest BCUT2D eigenvalue weighted by molar-refractivity contribution is -0.121. The van der Waals surface area contributed by atoms with Crippen LogP contribution in [-0.2, 0) is 0 Å². The highest BCUT2D eigenvalue weighted by Crippen LogP contribution is 2.23. The van der Waals surface area contributed by atoms with Crippen LogP contribution in [0.1, 0.15) is 54.4 Å². The molecule has 0 aliphatic rings. The summed E-state index contributed by atoms with van der Waals surface area (Å²) >= 11 is 0. The predicted molar refractivity (Wildman–Crippen MR) is 98.4 cm³/mol. The molecule has 0 fully saturated rings. The van der Waals surface area contributed by atoms with Crippen LogP contribution in [0.5, 0.6) is 0 Å². The highest BCUT2D eigenvalue weighted by atomic mass is 16.4. The zero-order chi connectivity index (χ0) is 21.3. The first-order chi connectivity index (χ1) is 11.6. The minimum Gasteiger partial charge on any atom is -0.394 e. The Morgan fingerprint density at radius 2 is 0.808 bits per heavy atom. The molecule has 0 saturated carbocycles. The standard InChI is InChI=1S/C10H22O5.C8H18O3/c1-10(2,3)4-6(12)8(14)9(15)7(13)5-11;1-8(2,3)4-6(10)7(11)5-9/h6-9,11-15H,4-5H2,1-3H3;6-7,9-11H,4-5H2,1-3H3. The summed E-state index contributed by atoms with van der Waals surface area (Å²) < 4.78 is 0. The number of hydrogen-bond acceptors (Lipinski definition) is 8. The highest BCUT2D eigenvalue weighted by Gasteiger charge is 2.32. The molecule has 0 saturated heterocycles. The van der Waals surface area contributed by atoms with E-state index in [1.54, 1.807) is 0 Å². The van der Waals surface area contributed by atoms with Crippen LogP contribution in [0.15, 0.2) is 0 Å². The SMILES string of the molecule is CC(C)(C)CC(O)C(O)C(O)C(O)CO.CC(C)(C)CC(O)C(O)CO. The van der Waals surface area contributed by atoms with Crippen molar-refractivity contribution in [2.45, 2.75) is 91.0 Å². The number of aliphatic hydroxyl groups excluding tert-OH is 8. The van der Waals surface area contributed by atoms with Crippen molar-refractivity contribution >= 4 is 0 Å². The van der Waals surface area contributed by atoms with E-state index in [4.69, 9.17) is 20.4 Å². The van der Waals surface area contributed by atoms with E-state index in [1.165, 1.54) is 0 Å². The van der Waals surface area contributed by atoms with Crippen molar-refractivity contribution in [3.63, 3.8) is 0 Å². The van der Waals surface area contributed by atoms with Gasteiger partial charge in [-0.3, -0.25) is 0 Å². The first-order valence-corrected chi connectivity index (χ1v) is 8.86. The first-order valence-electron chi connectivity index (χ1n) is 8.86. The van der Waals surface area contributed by atoms with Gasteiger partial charge in [0.05, 0.1) is 25.4 Å². The summed E-state index contributed by atoms with van der Waals surface area (Å²) in [5.41, 5.74) is -0.208. The summed E-state index contributed by atoms with van der Waals surface area (Å²) in [4.78, 5) is 0. The molecule has 0 rings (SSSR count). The molecule has 0 amide bonds. The van der Waals surface area contributed by atoms with Gasteiger partial charge >= 0.3 is 0 Å². The van der Waals surface area contributed by atoms with Crippen molar-refractivity contribution < 1.29 is 40.9 Å². The molecule has 0 aliphatic heterocycles. The largest absolute Gasteiger partial charge is 0.394 e. The van der Waals surface area contributed by atoms with Crippen LogP contribution in [-0.4, -0.2) is 90.7 Å². The Kier molecular flexibility index (Phi) is 13.1. The van der Waals surface area contributed by atoms with Crippen molar-refractivity contribution in [2.24, 2.45) is 10.8 Å². The molecule has 8 nitrogen and oxygen atoms in total. The third kappa shape index (κ3) is 13.8. The Morgan fingerprint density at radius 1 is 0.500 bits per heavy atom. The lowest BCUT2D eigenvalue weighted by Gasteiger charge is -2.29. The van der Waals surface area contributed by atoms with Crippen LogP contribution in [0.2, 0.25) is 0 Å². The fourth-order valence-corrected chi connectivity index (χ4v) is 2.20. The normalized spacial score (nSPS) is 19.6. The van der Waals surface area contributed by atoms with E-state index in [0.29, 0.717) is 12.8 Å². The molecule has 0 aromatic carbocycles. The fraction of sp³-hybridized carbons (Fsp3) is 1.00. The van der Waals surface area contributed by atoms with Gasteiger partial charge < -0.3 is 40.9 Å². The van der Waals surface area contributed by atoms with Gasteiger partial charge in [-0.25, -0.2) is 0 Å². The topological polar surface area (TPSA) is 162 Å². The van der Waals surface area contributed by atoms with Crippen LogP contribution in [0.25, 0.3) is 0 Å². The number of hydrogen-bond donors (Lipinski definition) is 8. The van der Waals surface area contributed by atoms with Gasteiger partial charge in [0, 0.05) is 0 Å². The van der Waals surface area contributed by atoms with E-state index in [0.717, 1.165) is 0 Å². The van der Waals surface area contributed by atoms with Gasteiger partial charge in [0.2, 0.25) is 0 Å². The summed E-state index contributed by atoms with van der Waals surface area (Å²) in [5.74, 6) is 0. The van der Waals surface area contributed by atoms with Crippen LogP contribution in [0, 0.1) is 10.8 Å². The third-order valence-electron chi connectivity index (χ3n) is 3.60. The Bertz CT molecular complexity index is 350. The van der Waals surface area contributed by atoms with E-state index >= 15 is 0 Å². The molecule has 0 bridgehead atoms. The summed E-state index contributed by atoms with van der Waals surface area (Å²) in [6, 6.07) is 0. The van der Waals surface area contributed by atoms with Crippen molar-refractivity contribution in [1.82, 2.24) is 0 Å². The van der Waals surface area contributed by atoms with E-state index in [9.17, 15) is 20.4 Å². The lowest BCUT2D eigenvalue weighted by atomic mass is 9.86. The van der Waals surface area contributed by atoms with Gasteiger partial charge in [0.15, 0.2) is 0 Å². The van der Waals surface area contributed by atoms with E-state index in [-0.39, 0.29) is 17.4 Å². The molecule has 0 radical (unpaired) electrons.